The molecular formula is C14H20Cl2N2. The molecule has 0 radical (unpaired) electrons. The van der Waals surface area contributed by atoms with Crippen LogP contribution >= 0.6 is 23.2 Å². The average Bonchev–Trinajstić information content (AvgIpc) is 2.79. The first-order valence-electron chi connectivity index (χ1n) is 6.60. The van der Waals surface area contributed by atoms with Crippen molar-refractivity contribution >= 4 is 23.2 Å². The molecule has 1 aromatic rings. The van der Waals surface area contributed by atoms with Crippen molar-refractivity contribution in [1.29, 1.82) is 0 Å². The number of halogens is 2. The third-order valence-electron chi connectivity index (χ3n) is 3.55. The Morgan fingerprint density at radius 3 is 2.72 bits per heavy atom. The number of likely N-dealkylation sites (tertiary alicyclic amines) is 1. The van der Waals surface area contributed by atoms with Gasteiger partial charge in [-0.05, 0) is 38.1 Å². The summed E-state index contributed by atoms with van der Waals surface area (Å²) in [6.07, 6.45) is 2.52. The van der Waals surface area contributed by atoms with E-state index in [0.717, 1.165) is 41.8 Å². The Morgan fingerprint density at radius 2 is 2.06 bits per heavy atom. The molecule has 0 aromatic heterocycles. The highest BCUT2D eigenvalue weighted by Crippen LogP contribution is 2.28. The fourth-order valence-electron chi connectivity index (χ4n) is 2.53. The van der Waals surface area contributed by atoms with Crippen molar-refractivity contribution < 1.29 is 0 Å². The molecule has 2 nitrogen and oxygen atoms in total. The molecule has 0 bridgehead atoms. The maximum Gasteiger partial charge on any atom is 0.0465 e. The van der Waals surface area contributed by atoms with Crippen molar-refractivity contribution in [3.63, 3.8) is 0 Å². The summed E-state index contributed by atoms with van der Waals surface area (Å²) in [4.78, 5) is 2.48. The number of benzene rings is 1. The minimum atomic E-state index is 0.609. The van der Waals surface area contributed by atoms with Gasteiger partial charge in [-0.3, -0.25) is 4.90 Å². The van der Waals surface area contributed by atoms with Gasteiger partial charge < -0.3 is 5.32 Å². The van der Waals surface area contributed by atoms with Gasteiger partial charge in [0.1, 0.15) is 0 Å². The summed E-state index contributed by atoms with van der Waals surface area (Å²) in [6, 6.07) is 6.34. The molecule has 2 rings (SSSR count). The van der Waals surface area contributed by atoms with Crippen molar-refractivity contribution in [3.8, 4) is 0 Å². The second kappa shape index (κ2) is 6.76. The van der Waals surface area contributed by atoms with Crippen LogP contribution in [0.15, 0.2) is 18.2 Å². The van der Waals surface area contributed by atoms with Gasteiger partial charge in [0, 0.05) is 34.7 Å². The normalized spacial score (nSPS) is 20.5. The van der Waals surface area contributed by atoms with Crippen molar-refractivity contribution in [2.24, 2.45) is 0 Å². The van der Waals surface area contributed by atoms with Crippen LogP contribution in [0.2, 0.25) is 10.0 Å². The fourth-order valence-corrected chi connectivity index (χ4v) is 3.05. The van der Waals surface area contributed by atoms with Crippen LogP contribution in [0.1, 0.15) is 25.3 Å². The Bertz CT molecular complexity index is 375. The minimum Gasteiger partial charge on any atom is -0.315 e. The first-order chi connectivity index (χ1) is 8.72. The molecular weight excluding hydrogens is 267 g/mol. The average molecular weight is 287 g/mol. The Hall–Kier alpha value is -0.280. The molecule has 1 aromatic carbocycles. The van der Waals surface area contributed by atoms with Gasteiger partial charge in [-0.25, -0.2) is 0 Å². The molecule has 1 fully saturated rings. The summed E-state index contributed by atoms with van der Waals surface area (Å²) in [6.45, 7) is 6.21. The molecule has 1 unspecified atom stereocenters. The zero-order valence-electron chi connectivity index (χ0n) is 10.8. The van der Waals surface area contributed by atoms with Gasteiger partial charge in [0.05, 0.1) is 0 Å². The van der Waals surface area contributed by atoms with Gasteiger partial charge in [-0.15, -0.1) is 0 Å². The highest BCUT2D eigenvalue weighted by molar-refractivity contribution is 6.35. The van der Waals surface area contributed by atoms with Crippen LogP contribution in [0.5, 0.6) is 0 Å². The van der Waals surface area contributed by atoms with Gasteiger partial charge >= 0.3 is 0 Å². The van der Waals surface area contributed by atoms with Crippen molar-refractivity contribution in [3.05, 3.63) is 33.8 Å². The number of likely N-dealkylation sites (N-methyl/N-ethyl adjacent to an activating group) is 1. The van der Waals surface area contributed by atoms with E-state index in [1.54, 1.807) is 0 Å². The van der Waals surface area contributed by atoms with Crippen LogP contribution in [-0.2, 0) is 6.54 Å². The standard InChI is InChI=1S/C14H20Cl2N2/c1-2-17-9-11-5-4-8-18(11)10-12-13(15)6-3-7-14(12)16/h3,6-7,11,17H,2,4-5,8-10H2,1H3. The van der Waals surface area contributed by atoms with Gasteiger partial charge in [-0.1, -0.05) is 36.2 Å². The molecule has 1 aliphatic heterocycles. The lowest BCUT2D eigenvalue weighted by molar-refractivity contribution is 0.240. The van der Waals surface area contributed by atoms with E-state index in [4.69, 9.17) is 23.2 Å². The lowest BCUT2D eigenvalue weighted by Gasteiger charge is -2.25. The van der Waals surface area contributed by atoms with Crippen LogP contribution in [0.25, 0.3) is 0 Å². The predicted octanol–water partition coefficient (Wildman–Crippen LogP) is 3.57. The van der Waals surface area contributed by atoms with Gasteiger partial charge in [0.25, 0.3) is 0 Å². The Morgan fingerprint density at radius 1 is 1.33 bits per heavy atom. The summed E-state index contributed by atoms with van der Waals surface area (Å²) in [7, 11) is 0. The SMILES string of the molecule is CCNCC1CCCN1Cc1c(Cl)cccc1Cl. The Balaban J connectivity index is 2.03. The van der Waals surface area contributed by atoms with Crippen molar-refractivity contribution in [2.75, 3.05) is 19.6 Å². The van der Waals surface area contributed by atoms with Crippen LogP contribution in [0.3, 0.4) is 0 Å². The third kappa shape index (κ3) is 3.39. The van der Waals surface area contributed by atoms with Crippen molar-refractivity contribution in [1.82, 2.24) is 10.2 Å². The van der Waals surface area contributed by atoms with E-state index in [-0.39, 0.29) is 0 Å². The van der Waals surface area contributed by atoms with E-state index in [2.05, 4.69) is 17.1 Å². The Labute approximate surface area is 119 Å². The maximum atomic E-state index is 6.23. The maximum absolute atomic E-state index is 6.23. The molecule has 100 valence electrons. The lowest BCUT2D eigenvalue weighted by atomic mass is 10.1. The summed E-state index contributed by atoms with van der Waals surface area (Å²) >= 11 is 12.5. The van der Waals surface area contributed by atoms with E-state index in [0.29, 0.717) is 6.04 Å². The van der Waals surface area contributed by atoms with E-state index >= 15 is 0 Å². The summed E-state index contributed by atoms with van der Waals surface area (Å²) < 4.78 is 0. The largest absolute Gasteiger partial charge is 0.315 e. The predicted molar refractivity (Wildman–Crippen MR) is 78.4 cm³/mol. The second-order valence-corrected chi connectivity index (χ2v) is 5.59. The molecule has 1 saturated heterocycles. The lowest BCUT2D eigenvalue weighted by Crippen LogP contribution is -2.37. The van der Waals surface area contributed by atoms with E-state index in [1.165, 1.54) is 12.8 Å². The third-order valence-corrected chi connectivity index (χ3v) is 4.26. The monoisotopic (exact) mass is 286 g/mol. The summed E-state index contributed by atoms with van der Waals surface area (Å²) in [5, 5.41) is 4.98. The first-order valence-corrected chi connectivity index (χ1v) is 7.35. The fraction of sp³-hybridized carbons (Fsp3) is 0.571. The smallest absolute Gasteiger partial charge is 0.0465 e. The number of nitrogens with one attached hydrogen (secondary N) is 1. The molecule has 0 amide bonds. The Kier molecular flexibility index (Phi) is 5.31. The van der Waals surface area contributed by atoms with Gasteiger partial charge in [-0.2, -0.15) is 0 Å². The molecule has 18 heavy (non-hydrogen) atoms. The van der Waals surface area contributed by atoms with Gasteiger partial charge in [0.2, 0.25) is 0 Å². The molecule has 4 heteroatoms. The van der Waals surface area contributed by atoms with Crippen LogP contribution in [0, 0.1) is 0 Å². The van der Waals surface area contributed by atoms with E-state index < -0.39 is 0 Å². The number of hydrogen-bond donors (Lipinski definition) is 1. The highest BCUT2D eigenvalue weighted by Gasteiger charge is 2.25. The minimum absolute atomic E-state index is 0.609. The zero-order valence-corrected chi connectivity index (χ0v) is 12.3. The second-order valence-electron chi connectivity index (χ2n) is 4.77. The number of hydrogen-bond acceptors (Lipinski definition) is 2. The topological polar surface area (TPSA) is 15.3 Å². The highest BCUT2D eigenvalue weighted by atomic mass is 35.5. The number of nitrogens with zero attached hydrogens (tertiary/aromatic N) is 1. The van der Waals surface area contributed by atoms with E-state index in [9.17, 15) is 0 Å². The van der Waals surface area contributed by atoms with Crippen molar-refractivity contribution in [2.45, 2.75) is 32.4 Å². The molecule has 0 spiro atoms. The summed E-state index contributed by atoms with van der Waals surface area (Å²) in [5.41, 5.74) is 1.06. The zero-order chi connectivity index (χ0) is 13.0. The molecule has 1 atom stereocenters. The van der Waals surface area contributed by atoms with Crippen LogP contribution in [0.4, 0.5) is 0 Å². The summed E-state index contributed by atoms with van der Waals surface area (Å²) in [5.74, 6) is 0. The molecule has 0 aliphatic carbocycles. The van der Waals surface area contributed by atoms with Crippen LogP contribution in [-0.4, -0.2) is 30.6 Å². The molecule has 0 saturated carbocycles. The molecule has 1 N–H and O–H groups in total. The van der Waals surface area contributed by atoms with Crippen LogP contribution < -0.4 is 5.32 Å². The number of rotatable bonds is 5. The molecule has 1 aliphatic rings. The van der Waals surface area contributed by atoms with Gasteiger partial charge in [0.15, 0.2) is 0 Å². The van der Waals surface area contributed by atoms with E-state index in [1.807, 2.05) is 18.2 Å². The molecule has 1 heterocycles. The quantitative estimate of drug-likeness (QED) is 0.890. The first kappa shape index (κ1) is 14.1.